The van der Waals surface area contributed by atoms with Gasteiger partial charge in [-0.25, -0.2) is 0 Å². The topological polar surface area (TPSA) is 56.2 Å². The Kier molecular flexibility index (Phi) is 3.65. The number of para-hydroxylation sites is 1. The molecule has 0 aliphatic rings. The van der Waals surface area contributed by atoms with E-state index in [-0.39, 0.29) is 5.91 Å². The number of primary amides is 1. The molecule has 2 aromatic carbocycles. The summed E-state index contributed by atoms with van der Waals surface area (Å²) in [5, 5.41) is 2.29. The maximum absolute atomic E-state index is 10.7. The minimum absolute atomic E-state index is 0.242. The number of carbonyl (C=O) groups excluding carboxylic acids is 1. The van der Waals surface area contributed by atoms with Crippen molar-refractivity contribution >= 4 is 39.6 Å². The van der Waals surface area contributed by atoms with Crippen molar-refractivity contribution in [2.24, 2.45) is 5.73 Å². The lowest BCUT2D eigenvalue weighted by atomic mass is 10.1. The summed E-state index contributed by atoms with van der Waals surface area (Å²) in [4.78, 5) is 10.7. The van der Waals surface area contributed by atoms with E-state index in [9.17, 15) is 4.79 Å². The lowest BCUT2D eigenvalue weighted by molar-refractivity contribution is -0.117. The first-order valence-electron chi connectivity index (χ1n) is 6.50. The number of rotatable bonds is 5. The molecular weight excluding hydrogens is 270 g/mol. The number of thioether (sulfide) groups is 1. The summed E-state index contributed by atoms with van der Waals surface area (Å²) < 4.78 is 5.80. The molecule has 3 aromatic rings. The van der Waals surface area contributed by atoms with Crippen LogP contribution in [-0.2, 0) is 10.5 Å². The average molecular weight is 285 g/mol. The predicted octanol–water partition coefficient (Wildman–Crippen LogP) is 3.69. The van der Waals surface area contributed by atoms with Crippen LogP contribution in [0.25, 0.3) is 21.9 Å². The molecule has 2 N–H and O–H groups in total. The molecule has 0 bridgehead atoms. The van der Waals surface area contributed by atoms with Gasteiger partial charge in [-0.15, -0.1) is 0 Å². The van der Waals surface area contributed by atoms with Gasteiger partial charge in [0, 0.05) is 28.7 Å². The standard InChI is InChI=1S/C16H15NO2S/c17-16(18)7-8-20-10-11-5-6-15-13(9-11)12-3-1-2-4-14(12)19-15/h1-6,9H,7-8,10H2,(H2,17,18). The van der Waals surface area contributed by atoms with Crippen LogP contribution in [0.4, 0.5) is 0 Å². The fraction of sp³-hybridized carbons (Fsp3) is 0.188. The maximum atomic E-state index is 10.7. The van der Waals surface area contributed by atoms with Crippen molar-refractivity contribution in [2.75, 3.05) is 5.75 Å². The molecule has 0 aliphatic carbocycles. The van der Waals surface area contributed by atoms with Gasteiger partial charge in [-0.1, -0.05) is 24.3 Å². The molecule has 0 saturated heterocycles. The average Bonchev–Trinajstić information content (AvgIpc) is 2.81. The van der Waals surface area contributed by atoms with Crippen molar-refractivity contribution < 1.29 is 9.21 Å². The molecule has 0 spiro atoms. The number of hydrogen-bond donors (Lipinski definition) is 1. The minimum atomic E-state index is -0.242. The molecule has 0 saturated carbocycles. The van der Waals surface area contributed by atoms with Crippen LogP contribution in [0.1, 0.15) is 12.0 Å². The molecule has 102 valence electrons. The van der Waals surface area contributed by atoms with Crippen LogP contribution >= 0.6 is 11.8 Å². The van der Waals surface area contributed by atoms with E-state index < -0.39 is 0 Å². The molecule has 20 heavy (non-hydrogen) atoms. The van der Waals surface area contributed by atoms with Crippen molar-refractivity contribution in [3.8, 4) is 0 Å². The number of benzene rings is 2. The summed E-state index contributed by atoms with van der Waals surface area (Å²) in [6.45, 7) is 0. The van der Waals surface area contributed by atoms with Gasteiger partial charge in [-0.2, -0.15) is 11.8 Å². The molecule has 0 radical (unpaired) electrons. The molecule has 0 atom stereocenters. The molecular formula is C16H15NO2S. The number of furan rings is 1. The van der Waals surface area contributed by atoms with Crippen LogP contribution in [0.2, 0.25) is 0 Å². The van der Waals surface area contributed by atoms with E-state index in [0.717, 1.165) is 33.4 Å². The van der Waals surface area contributed by atoms with E-state index in [2.05, 4.69) is 18.2 Å². The normalized spacial score (nSPS) is 11.2. The number of fused-ring (bicyclic) bond motifs is 3. The minimum Gasteiger partial charge on any atom is -0.456 e. The second-order valence-corrected chi connectivity index (χ2v) is 5.80. The lowest BCUT2D eigenvalue weighted by Gasteiger charge is -2.01. The summed E-state index contributed by atoms with van der Waals surface area (Å²) in [5.74, 6) is 1.40. The van der Waals surface area contributed by atoms with Gasteiger partial charge < -0.3 is 10.2 Å². The largest absolute Gasteiger partial charge is 0.456 e. The highest BCUT2D eigenvalue weighted by molar-refractivity contribution is 7.98. The SMILES string of the molecule is NC(=O)CCSCc1ccc2oc3ccccc3c2c1. The first-order valence-corrected chi connectivity index (χ1v) is 7.66. The molecule has 0 aliphatic heterocycles. The van der Waals surface area contributed by atoms with Gasteiger partial charge >= 0.3 is 0 Å². The molecule has 1 aromatic heterocycles. The van der Waals surface area contributed by atoms with Gasteiger partial charge in [0.2, 0.25) is 5.91 Å². The Morgan fingerprint density at radius 2 is 1.90 bits per heavy atom. The van der Waals surface area contributed by atoms with Crippen molar-refractivity contribution in [3.05, 3.63) is 48.0 Å². The van der Waals surface area contributed by atoms with Gasteiger partial charge in [0.15, 0.2) is 0 Å². The van der Waals surface area contributed by atoms with Gasteiger partial charge in [0.1, 0.15) is 11.2 Å². The number of carbonyl (C=O) groups is 1. The molecule has 4 heteroatoms. The monoisotopic (exact) mass is 285 g/mol. The Labute approximate surface area is 121 Å². The van der Waals surface area contributed by atoms with Crippen LogP contribution in [-0.4, -0.2) is 11.7 Å². The zero-order valence-corrected chi connectivity index (χ0v) is 11.8. The second kappa shape index (κ2) is 5.59. The fourth-order valence-corrected chi connectivity index (χ4v) is 3.13. The molecule has 0 unspecified atom stereocenters. The van der Waals surface area contributed by atoms with E-state index in [1.54, 1.807) is 11.8 Å². The first kappa shape index (κ1) is 13.1. The summed E-state index contributed by atoms with van der Waals surface area (Å²) in [6.07, 6.45) is 0.432. The number of nitrogens with two attached hydrogens (primary N) is 1. The summed E-state index contributed by atoms with van der Waals surface area (Å²) >= 11 is 1.72. The highest BCUT2D eigenvalue weighted by atomic mass is 32.2. The van der Waals surface area contributed by atoms with Gasteiger partial charge in [0.05, 0.1) is 0 Å². The van der Waals surface area contributed by atoms with Crippen molar-refractivity contribution in [3.63, 3.8) is 0 Å². The van der Waals surface area contributed by atoms with Gasteiger partial charge in [0.25, 0.3) is 0 Å². The third kappa shape index (κ3) is 2.65. The smallest absolute Gasteiger partial charge is 0.218 e. The Morgan fingerprint density at radius 1 is 1.10 bits per heavy atom. The van der Waals surface area contributed by atoms with Crippen LogP contribution in [0.5, 0.6) is 0 Å². The Morgan fingerprint density at radius 3 is 2.75 bits per heavy atom. The van der Waals surface area contributed by atoms with E-state index >= 15 is 0 Å². The quantitative estimate of drug-likeness (QED) is 0.727. The fourth-order valence-electron chi connectivity index (χ4n) is 2.23. The maximum Gasteiger partial charge on any atom is 0.218 e. The summed E-state index contributed by atoms with van der Waals surface area (Å²) in [7, 11) is 0. The third-order valence-corrected chi connectivity index (χ3v) is 4.23. The lowest BCUT2D eigenvalue weighted by Crippen LogP contribution is -2.10. The van der Waals surface area contributed by atoms with E-state index in [4.69, 9.17) is 10.2 Å². The first-order chi connectivity index (χ1) is 9.74. The van der Waals surface area contributed by atoms with E-state index in [1.807, 2.05) is 24.3 Å². The van der Waals surface area contributed by atoms with Gasteiger partial charge in [-0.3, -0.25) is 4.79 Å². The highest BCUT2D eigenvalue weighted by Gasteiger charge is 2.06. The van der Waals surface area contributed by atoms with Crippen molar-refractivity contribution in [1.82, 2.24) is 0 Å². The second-order valence-electron chi connectivity index (χ2n) is 4.70. The molecule has 0 fully saturated rings. The van der Waals surface area contributed by atoms with E-state index in [1.165, 1.54) is 5.56 Å². The van der Waals surface area contributed by atoms with Crippen LogP contribution < -0.4 is 5.73 Å². The predicted molar refractivity (Wildman–Crippen MR) is 83.7 cm³/mol. The van der Waals surface area contributed by atoms with Crippen LogP contribution in [0, 0.1) is 0 Å². The Balaban J connectivity index is 1.82. The Hall–Kier alpha value is -1.94. The zero-order chi connectivity index (χ0) is 13.9. The Bertz CT molecular complexity index is 763. The molecule has 1 heterocycles. The van der Waals surface area contributed by atoms with Gasteiger partial charge in [-0.05, 0) is 23.8 Å². The molecule has 3 nitrogen and oxygen atoms in total. The van der Waals surface area contributed by atoms with Crippen molar-refractivity contribution in [1.29, 1.82) is 0 Å². The third-order valence-electron chi connectivity index (χ3n) is 3.20. The summed E-state index contributed by atoms with van der Waals surface area (Å²) in [5.41, 5.74) is 8.20. The summed E-state index contributed by atoms with van der Waals surface area (Å²) in [6, 6.07) is 14.3. The molecule has 1 amide bonds. The molecule has 3 rings (SSSR count). The number of amides is 1. The van der Waals surface area contributed by atoms with Crippen LogP contribution in [0.15, 0.2) is 46.9 Å². The van der Waals surface area contributed by atoms with E-state index in [0.29, 0.717) is 6.42 Å². The highest BCUT2D eigenvalue weighted by Crippen LogP contribution is 2.30. The van der Waals surface area contributed by atoms with Crippen molar-refractivity contribution in [2.45, 2.75) is 12.2 Å². The zero-order valence-electron chi connectivity index (χ0n) is 11.0. The van der Waals surface area contributed by atoms with Crippen LogP contribution in [0.3, 0.4) is 0 Å². The number of hydrogen-bond acceptors (Lipinski definition) is 3.